The molecule has 0 aliphatic heterocycles. The SMILES string of the molecule is CC(C)N(c1ccc(-c2ccccc2)cc1)c1ccc2c3cccc4cccc(c5cccc1c52)c43. The third-order valence-corrected chi connectivity index (χ3v) is 7.53. The normalized spacial score (nSPS) is 11.9. The second-order valence-electron chi connectivity index (χ2n) is 9.95. The topological polar surface area (TPSA) is 3.24 Å². The fraction of sp³-hybridized carbons (Fsp3) is 0.0857. The summed E-state index contributed by atoms with van der Waals surface area (Å²) in [6, 6.07) is 44.7. The predicted molar refractivity (Wildman–Crippen MR) is 157 cm³/mol. The zero-order chi connectivity index (χ0) is 24.2. The van der Waals surface area contributed by atoms with E-state index in [1.54, 1.807) is 0 Å². The molecule has 7 aromatic carbocycles. The molecule has 0 saturated carbocycles. The summed E-state index contributed by atoms with van der Waals surface area (Å²) >= 11 is 0. The number of hydrogen-bond acceptors (Lipinski definition) is 1. The molecule has 0 amide bonds. The maximum absolute atomic E-state index is 2.47. The highest BCUT2D eigenvalue weighted by molar-refractivity contribution is 6.34. The summed E-state index contributed by atoms with van der Waals surface area (Å²) in [6.07, 6.45) is 0. The van der Waals surface area contributed by atoms with Crippen LogP contribution in [0.15, 0.2) is 121 Å². The molecule has 0 fully saturated rings. The van der Waals surface area contributed by atoms with E-state index in [-0.39, 0.29) is 0 Å². The van der Waals surface area contributed by atoms with Crippen molar-refractivity contribution in [3.63, 3.8) is 0 Å². The first kappa shape index (κ1) is 21.0. The van der Waals surface area contributed by atoms with Crippen LogP contribution in [0.2, 0.25) is 0 Å². The summed E-state index contributed by atoms with van der Waals surface area (Å²) in [6.45, 7) is 4.55. The molecule has 0 saturated heterocycles. The van der Waals surface area contributed by atoms with E-state index in [1.165, 1.54) is 65.6 Å². The van der Waals surface area contributed by atoms with Gasteiger partial charge in [-0.1, -0.05) is 103 Å². The quantitative estimate of drug-likeness (QED) is 0.186. The second kappa shape index (κ2) is 8.10. The predicted octanol–water partition coefficient (Wildman–Crippen LogP) is 9.95. The van der Waals surface area contributed by atoms with Gasteiger partial charge in [-0.25, -0.2) is 0 Å². The fourth-order valence-corrected chi connectivity index (χ4v) is 6.00. The lowest BCUT2D eigenvalue weighted by atomic mass is 9.89. The Morgan fingerprint density at radius 1 is 0.444 bits per heavy atom. The maximum Gasteiger partial charge on any atom is 0.0493 e. The van der Waals surface area contributed by atoms with Crippen molar-refractivity contribution in [3.05, 3.63) is 121 Å². The molecule has 1 heteroatoms. The second-order valence-corrected chi connectivity index (χ2v) is 9.95. The van der Waals surface area contributed by atoms with Gasteiger partial charge in [0.1, 0.15) is 0 Å². The van der Waals surface area contributed by atoms with Crippen LogP contribution in [0.1, 0.15) is 13.8 Å². The molecular formula is C35H27N. The zero-order valence-electron chi connectivity index (χ0n) is 20.6. The Morgan fingerprint density at radius 2 is 1.00 bits per heavy atom. The molecule has 0 heterocycles. The Bertz CT molecular complexity index is 1800. The Morgan fingerprint density at radius 3 is 1.67 bits per heavy atom. The highest BCUT2D eigenvalue weighted by Gasteiger charge is 2.19. The van der Waals surface area contributed by atoms with Crippen molar-refractivity contribution in [2.24, 2.45) is 0 Å². The summed E-state index contributed by atoms with van der Waals surface area (Å²) in [4.78, 5) is 2.47. The number of hydrogen-bond donors (Lipinski definition) is 0. The van der Waals surface area contributed by atoms with E-state index in [9.17, 15) is 0 Å². The van der Waals surface area contributed by atoms with Crippen LogP contribution >= 0.6 is 0 Å². The molecule has 0 spiro atoms. The number of rotatable bonds is 4. The van der Waals surface area contributed by atoms with Gasteiger partial charge in [0.15, 0.2) is 0 Å². The minimum Gasteiger partial charge on any atom is -0.338 e. The van der Waals surface area contributed by atoms with Crippen molar-refractivity contribution < 1.29 is 0 Å². The molecule has 0 unspecified atom stereocenters. The van der Waals surface area contributed by atoms with Crippen molar-refractivity contribution in [1.82, 2.24) is 0 Å². The average molecular weight is 462 g/mol. The number of nitrogens with zero attached hydrogens (tertiary/aromatic N) is 1. The molecule has 1 nitrogen and oxygen atoms in total. The first-order valence-electron chi connectivity index (χ1n) is 12.7. The lowest BCUT2D eigenvalue weighted by Crippen LogP contribution is -2.25. The fourth-order valence-electron chi connectivity index (χ4n) is 6.00. The van der Waals surface area contributed by atoms with Gasteiger partial charge >= 0.3 is 0 Å². The molecule has 0 N–H and O–H groups in total. The van der Waals surface area contributed by atoms with Gasteiger partial charge in [-0.2, -0.15) is 0 Å². The average Bonchev–Trinajstić information content (AvgIpc) is 2.93. The van der Waals surface area contributed by atoms with Crippen LogP contribution in [0.4, 0.5) is 11.4 Å². The smallest absolute Gasteiger partial charge is 0.0493 e. The maximum atomic E-state index is 2.47. The Kier molecular flexibility index (Phi) is 4.72. The standard InChI is InChI=1S/C35H27N/c1-23(2)36(27-19-17-25(18-20-27)24-9-4-3-5-10-24)33-22-21-31-29-14-7-12-26-11-6-13-28(34(26)29)30-15-8-16-32(33)35(30)31/h3-23H,1-2H3. The molecule has 0 aliphatic carbocycles. The van der Waals surface area contributed by atoms with Crippen molar-refractivity contribution in [1.29, 1.82) is 0 Å². The van der Waals surface area contributed by atoms with Crippen LogP contribution in [0.5, 0.6) is 0 Å². The number of anilines is 2. The highest BCUT2D eigenvalue weighted by Crippen LogP contribution is 2.44. The van der Waals surface area contributed by atoms with E-state index < -0.39 is 0 Å². The van der Waals surface area contributed by atoms with Crippen molar-refractivity contribution in [2.75, 3.05) is 4.90 Å². The molecule has 7 rings (SSSR count). The highest BCUT2D eigenvalue weighted by atomic mass is 15.2. The van der Waals surface area contributed by atoms with E-state index >= 15 is 0 Å². The molecule has 7 aromatic rings. The van der Waals surface area contributed by atoms with E-state index in [1.807, 2.05) is 0 Å². The Hall–Kier alpha value is -4.36. The summed E-state index contributed by atoms with van der Waals surface area (Å²) in [5.41, 5.74) is 4.95. The van der Waals surface area contributed by atoms with E-state index in [2.05, 4.69) is 140 Å². The third-order valence-electron chi connectivity index (χ3n) is 7.53. The molecule has 0 bridgehead atoms. The molecule has 172 valence electrons. The van der Waals surface area contributed by atoms with Gasteiger partial charge in [-0.05, 0) is 80.9 Å². The van der Waals surface area contributed by atoms with Crippen molar-refractivity contribution >= 4 is 54.5 Å². The van der Waals surface area contributed by atoms with E-state index in [0.29, 0.717) is 6.04 Å². The van der Waals surface area contributed by atoms with Crippen LogP contribution in [-0.2, 0) is 0 Å². The molecule has 0 atom stereocenters. The van der Waals surface area contributed by atoms with Gasteiger partial charge in [0, 0.05) is 22.8 Å². The zero-order valence-corrected chi connectivity index (χ0v) is 20.6. The lowest BCUT2D eigenvalue weighted by molar-refractivity contribution is 0.791. The van der Waals surface area contributed by atoms with Gasteiger partial charge in [0.05, 0.1) is 0 Å². The van der Waals surface area contributed by atoms with Crippen LogP contribution in [0.25, 0.3) is 54.2 Å². The summed E-state index contributed by atoms with van der Waals surface area (Å²) in [7, 11) is 0. The van der Waals surface area contributed by atoms with Crippen molar-refractivity contribution in [3.8, 4) is 11.1 Å². The third kappa shape index (κ3) is 3.09. The van der Waals surface area contributed by atoms with E-state index in [4.69, 9.17) is 0 Å². The van der Waals surface area contributed by atoms with Gasteiger partial charge in [-0.3, -0.25) is 0 Å². The first-order chi connectivity index (χ1) is 17.7. The Labute approximate surface area is 211 Å². The van der Waals surface area contributed by atoms with Crippen LogP contribution in [-0.4, -0.2) is 6.04 Å². The van der Waals surface area contributed by atoms with Gasteiger partial charge in [0.25, 0.3) is 0 Å². The largest absolute Gasteiger partial charge is 0.338 e. The van der Waals surface area contributed by atoms with Gasteiger partial charge in [0.2, 0.25) is 0 Å². The number of fused-ring (bicyclic) bond motifs is 2. The summed E-state index contributed by atoms with van der Waals surface area (Å²) < 4.78 is 0. The van der Waals surface area contributed by atoms with Crippen LogP contribution in [0, 0.1) is 0 Å². The van der Waals surface area contributed by atoms with Crippen LogP contribution in [0.3, 0.4) is 0 Å². The van der Waals surface area contributed by atoms with Crippen molar-refractivity contribution in [2.45, 2.75) is 19.9 Å². The van der Waals surface area contributed by atoms with Crippen LogP contribution < -0.4 is 4.90 Å². The lowest BCUT2D eigenvalue weighted by Gasteiger charge is -2.31. The minimum atomic E-state index is 0.309. The minimum absolute atomic E-state index is 0.309. The summed E-state index contributed by atoms with van der Waals surface area (Å²) in [5.74, 6) is 0. The summed E-state index contributed by atoms with van der Waals surface area (Å²) in [5, 5.41) is 10.7. The molecule has 0 radical (unpaired) electrons. The monoisotopic (exact) mass is 461 g/mol. The first-order valence-corrected chi connectivity index (χ1v) is 12.7. The molecular weight excluding hydrogens is 434 g/mol. The van der Waals surface area contributed by atoms with Gasteiger partial charge in [-0.15, -0.1) is 0 Å². The van der Waals surface area contributed by atoms with E-state index in [0.717, 1.165) is 0 Å². The molecule has 0 aromatic heterocycles. The molecule has 36 heavy (non-hydrogen) atoms. The Balaban J connectivity index is 1.47. The van der Waals surface area contributed by atoms with Gasteiger partial charge < -0.3 is 4.90 Å². The molecule has 0 aliphatic rings. The number of benzene rings is 7.